The molecule has 1 aromatic carbocycles. The summed E-state index contributed by atoms with van der Waals surface area (Å²) in [6.45, 7) is 0.750. The Kier molecular flexibility index (Phi) is 5.21. The number of para-hydroxylation sites is 1. The van der Waals surface area contributed by atoms with Gasteiger partial charge in [-0.2, -0.15) is 0 Å². The average molecular weight is 261 g/mol. The topological polar surface area (TPSA) is 53.2 Å². The summed E-state index contributed by atoms with van der Waals surface area (Å²) < 4.78 is 0. The lowest BCUT2D eigenvalue weighted by molar-refractivity contribution is 0.244. The molecular formula is C15H23N3O. The monoisotopic (exact) mass is 261 g/mol. The van der Waals surface area contributed by atoms with Gasteiger partial charge >= 0.3 is 6.03 Å². The predicted octanol–water partition coefficient (Wildman–Crippen LogP) is 2.86. The van der Waals surface area contributed by atoms with Crippen molar-refractivity contribution in [1.29, 1.82) is 0 Å². The second-order valence-corrected chi connectivity index (χ2v) is 5.12. The summed E-state index contributed by atoms with van der Waals surface area (Å²) >= 11 is 0. The number of rotatable bonds is 4. The van der Waals surface area contributed by atoms with E-state index < -0.39 is 0 Å². The summed E-state index contributed by atoms with van der Waals surface area (Å²) in [5.74, 6) is 0. The van der Waals surface area contributed by atoms with E-state index >= 15 is 0 Å². The molecule has 0 heterocycles. The first-order valence-corrected chi connectivity index (χ1v) is 7.09. The zero-order chi connectivity index (χ0) is 13.5. The first kappa shape index (κ1) is 13.9. The first-order valence-electron chi connectivity index (χ1n) is 7.09. The second-order valence-electron chi connectivity index (χ2n) is 5.12. The van der Waals surface area contributed by atoms with Crippen LogP contribution in [0.1, 0.15) is 37.7 Å². The summed E-state index contributed by atoms with van der Waals surface area (Å²) in [5.41, 5.74) is 1.98. The van der Waals surface area contributed by atoms with Crippen LogP contribution in [0, 0.1) is 0 Å². The van der Waals surface area contributed by atoms with Crippen LogP contribution in [0.2, 0.25) is 0 Å². The van der Waals surface area contributed by atoms with Crippen molar-refractivity contribution < 1.29 is 4.79 Å². The molecule has 0 unspecified atom stereocenters. The fraction of sp³-hybridized carbons (Fsp3) is 0.533. The molecule has 0 atom stereocenters. The number of anilines is 1. The van der Waals surface area contributed by atoms with Gasteiger partial charge in [0.2, 0.25) is 0 Å². The van der Waals surface area contributed by atoms with E-state index in [-0.39, 0.29) is 6.03 Å². The standard InChI is InChI=1S/C15H23N3O/c1-16-11-12-7-5-6-10-14(12)18-15(19)17-13-8-3-2-4-9-13/h5-7,10,13,16H,2-4,8-9,11H2,1H3,(H2,17,18,19). The molecule has 104 valence electrons. The number of amides is 2. The van der Waals surface area contributed by atoms with Crippen LogP contribution >= 0.6 is 0 Å². The highest BCUT2D eigenvalue weighted by molar-refractivity contribution is 5.90. The SMILES string of the molecule is CNCc1ccccc1NC(=O)NC1CCCCC1. The van der Waals surface area contributed by atoms with Gasteiger partial charge in [-0.25, -0.2) is 4.79 Å². The minimum absolute atomic E-state index is 0.0875. The molecule has 2 rings (SSSR count). The first-order chi connectivity index (χ1) is 9.29. The molecule has 1 aliphatic carbocycles. The van der Waals surface area contributed by atoms with Crippen LogP contribution < -0.4 is 16.0 Å². The van der Waals surface area contributed by atoms with Crippen molar-refractivity contribution in [3.63, 3.8) is 0 Å². The third kappa shape index (κ3) is 4.24. The molecule has 0 aromatic heterocycles. The Hall–Kier alpha value is -1.55. The minimum Gasteiger partial charge on any atom is -0.335 e. The Morgan fingerprint density at radius 3 is 2.68 bits per heavy atom. The van der Waals surface area contributed by atoms with Gasteiger partial charge in [-0.05, 0) is 31.5 Å². The molecule has 19 heavy (non-hydrogen) atoms. The zero-order valence-electron chi connectivity index (χ0n) is 11.5. The summed E-state index contributed by atoms with van der Waals surface area (Å²) in [6, 6.07) is 8.13. The molecule has 4 heteroatoms. The Morgan fingerprint density at radius 1 is 1.21 bits per heavy atom. The molecule has 0 bridgehead atoms. The van der Waals surface area contributed by atoms with Crippen molar-refractivity contribution in [3.05, 3.63) is 29.8 Å². The van der Waals surface area contributed by atoms with Crippen molar-refractivity contribution in [2.45, 2.75) is 44.7 Å². The molecule has 1 aliphatic rings. The van der Waals surface area contributed by atoms with E-state index in [0.717, 1.165) is 30.6 Å². The quantitative estimate of drug-likeness (QED) is 0.780. The second kappa shape index (κ2) is 7.14. The lowest BCUT2D eigenvalue weighted by Gasteiger charge is -2.23. The molecule has 2 amide bonds. The lowest BCUT2D eigenvalue weighted by atomic mass is 9.96. The Balaban J connectivity index is 1.90. The van der Waals surface area contributed by atoms with E-state index in [4.69, 9.17) is 0 Å². The van der Waals surface area contributed by atoms with Gasteiger partial charge in [0.1, 0.15) is 0 Å². The van der Waals surface area contributed by atoms with E-state index in [1.807, 2.05) is 31.3 Å². The molecule has 1 fully saturated rings. The predicted molar refractivity (Wildman–Crippen MR) is 78.2 cm³/mol. The van der Waals surface area contributed by atoms with E-state index in [9.17, 15) is 4.79 Å². The number of benzene rings is 1. The summed E-state index contributed by atoms with van der Waals surface area (Å²) in [6.07, 6.45) is 5.95. The normalized spacial score (nSPS) is 16.1. The Bertz CT molecular complexity index is 414. The van der Waals surface area contributed by atoms with Gasteiger partial charge < -0.3 is 16.0 Å². The molecule has 0 radical (unpaired) electrons. The third-order valence-electron chi connectivity index (χ3n) is 3.57. The van der Waals surface area contributed by atoms with Crippen molar-refractivity contribution in [2.24, 2.45) is 0 Å². The number of hydrogen-bond donors (Lipinski definition) is 3. The van der Waals surface area contributed by atoms with Crippen LogP contribution in [0.25, 0.3) is 0 Å². The maximum atomic E-state index is 12.0. The Labute approximate surface area is 115 Å². The van der Waals surface area contributed by atoms with Gasteiger partial charge in [0.05, 0.1) is 0 Å². The molecule has 0 aliphatic heterocycles. The third-order valence-corrected chi connectivity index (χ3v) is 3.57. The zero-order valence-corrected chi connectivity index (χ0v) is 11.5. The van der Waals surface area contributed by atoms with Crippen molar-refractivity contribution in [3.8, 4) is 0 Å². The van der Waals surface area contributed by atoms with Gasteiger partial charge in [0.25, 0.3) is 0 Å². The van der Waals surface area contributed by atoms with Crippen LogP contribution in [-0.4, -0.2) is 19.1 Å². The lowest BCUT2D eigenvalue weighted by Crippen LogP contribution is -2.39. The van der Waals surface area contributed by atoms with Crippen LogP contribution in [0.15, 0.2) is 24.3 Å². The fourth-order valence-corrected chi connectivity index (χ4v) is 2.58. The van der Waals surface area contributed by atoms with Gasteiger partial charge in [0.15, 0.2) is 0 Å². The summed E-state index contributed by atoms with van der Waals surface area (Å²) in [5, 5.41) is 9.13. The fourth-order valence-electron chi connectivity index (χ4n) is 2.58. The number of carbonyl (C=O) groups is 1. The van der Waals surface area contributed by atoms with Gasteiger partial charge in [-0.1, -0.05) is 37.5 Å². The van der Waals surface area contributed by atoms with E-state index in [0.29, 0.717) is 6.04 Å². The summed E-state index contributed by atoms with van der Waals surface area (Å²) in [4.78, 5) is 12.0. The van der Waals surface area contributed by atoms with Gasteiger partial charge in [-0.15, -0.1) is 0 Å². The number of nitrogens with one attached hydrogen (secondary N) is 3. The average Bonchev–Trinajstić information content (AvgIpc) is 2.42. The molecule has 3 N–H and O–H groups in total. The summed E-state index contributed by atoms with van der Waals surface area (Å²) in [7, 11) is 1.90. The van der Waals surface area contributed by atoms with Crippen LogP contribution in [0.4, 0.5) is 10.5 Å². The smallest absolute Gasteiger partial charge is 0.319 e. The van der Waals surface area contributed by atoms with Crippen molar-refractivity contribution in [1.82, 2.24) is 10.6 Å². The Morgan fingerprint density at radius 2 is 1.95 bits per heavy atom. The minimum atomic E-state index is -0.0875. The highest BCUT2D eigenvalue weighted by Crippen LogP contribution is 2.18. The molecule has 1 saturated carbocycles. The van der Waals surface area contributed by atoms with E-state index in [1.54, 1.807) is 0 Å². The van der Waals surface area contributed by atoms with Crippen LogP contribution in [-0.2, 0) is 6.54 Å². The number of carbonyl (C=O) groups excluding carboxylic acids is 1. The van der Waals surface area contributed by atoms with Crippen molar-refractivity contribution in [2.75, 3.05) is 12.4 Å². The van der Waals surface area contributed by atoms with E-state index in [2.05, 4.69) is 16.0 Å². The van der Waals surface area contributed by atoms with Gasteiger partial charge in [-0.3, -0.25) is 0 Å². The van der Waals surface area contributed by atoms with E-state index in [1.165, 1.54) is 19.3 Å². The molecule has 1 aromatic rings. The molecule has 0 spiro atoms. The number of urea groups is 1. The largest absolute Gasteiger partial charge is 0.335 e. The number of hydrogen-bond acceptors (Lipinski definition) is 2. The highest BCUT2D eigenvalue weighted by Gasteiger charge is 2.15. The van der Waals surface area contributed by atoms with Crippen LogP contribution in [0.3, 0.4) is 0 Å². The molecule has 0 saturated heterocycles. The highest BCUT2D eigenvalue weighted by atomic mass is 16.2. The maximum absolute atomic E-state index is 12.0. The molecule has 4 nitrogen and oxygen atoms in total. The molecular weight excluding hydrogens is 238 g/mol. The van der Waals surface area contributed by atoms with Crippen molar-refractivity contribution >= 4 is 11.7 Å². The van der Waals surface area contributed by atoms with Crippen LogP contribution in [0.5, 0.6) is 0 Å². The maximum Gasteiger partial charge on any atom is 0.319 e. The van der Waals surface area contributed by atoms with Gasteiger partial charge in [0, 0.05) is 18.3 Å².